The molecule has 0 saturated heterocycles. The molecule has 0 fully saturated rings. The molecule has 0 saturated carbocycles. The first-order chi connectivity index (χ1) is 25.3. The lowest BCUT2D eigenvalue weighted by Gasteiger charge is -2.06. The highest BCUT2D eigenvalue weighted by Gasteiger charge is 1.98. The minimum absolute atomic E-state index is 0.744. The largest absolute Gasteiger partial charge is 0.377 e. The van der Waals surface area contributed by atoms with Gasteiger partial charge in [-0.05, 0) is 25.3 Å². The number of unbranched alkanes of at least 4 members (excludes halogenated alkanes) is 38. The van der Waals surface area contributed by atoms with Crippen LogP contribution in [-0.4, -0.2) is 26.4 Å². The fourth-order valence-corrected chi connectivity index (χ4v) is 7.50. The van der Waals surface area contributed by atoms with Crippen LogP contribution in [0.5, 0.6) is 0 Å². The molecule has 0 spiro atoms. The van der Waals surface area contributed by atoms with Gasteiger partial charge in [0.25, 0.3) is 0 Å². The average Bonchev–Trinajstić information content (AvgIpc) is 3.14. The van der Waals surface area contributed by atoms with Gasteiger partial charge in [-0.2, -0.15) is 0 Å². The molecule has 0 bridgehead atoms. The smallest absolute Gasteiger partial charge is 0.0674 e. The zero-order valence-electron chi connectivity index (χ0n) is 36.0. The standard InChI is InChI=1S/C49H98O2/c1-4-6-8-10-12-14-16-18-20-22-24-26-28-30-32-34-36-38-40-42-45-50-47-44-49(3)48-51-46-43-41-39-37-35-33-31-29-27-25-23-21-19-17-15-13-11-9-7-5-2/h44H,4-43,45-48H2,1-3H3. The lowest BCUT2D eigenvalue weighted by Crippen LogP contribution is -2.00. The molecule has 0 aliphatic carbocycles. The Labute approximate surface area is 324 Å². The zero-order chi connectivity index (χ0) is 36.8. The van der Waals surface area contributed by atoms with Crippen molar-refractivity contribution in [1.29, 1.82) is 0 Å². The summed E-state index contributed by atoms with van der Waals surface area (Å²) in [6, 6.07) is 0. The van der Waals surface area contributed by atoms with Gasteiger partial charge in [0.15, 0.2) is 0 Å². The molecule has 0 aromatic rings. The van der Waals surface area contributed by atoms with E-state index < -0.39 is 0 Å². The van der Waals surface area contributed by atoms with E-state index in [1.165, 1.54) is 262 Å². The van der Waals surface area contributed by atoms with Gasteiger partial charge >= 0.3 is 0 Å². The van der Waals surface area contributed by atoms with E-state index >= 15 is 0 Å². The van der Waals surface area contributed by atoms with E-state index in [1.54, 1.807) is 0 Å². The van der Waals surface area contributed by atoms with Crippen molar-refractivity contribution in [3.05, 3.63) is 11.6 Å². The molecule has 0 aromatic heterocycles. The van der Waals surface area contributed by atoms with E-state index in [1.807, 2.05) is 0 Å². The number of rotatable bonds is 46. The molecule has 0 radical (unpaired) electrons. The molecular weight excluding hydrogens is 621 g/mol. The Morgan fingerprint density at radius 3 is 0.765 bits per heavy atom. The number of hydrogen-bond donors (Lipinski definition) is 0. The summed E-state index contributed by atoms with van der Waals surface area (Å²) >= 11 is 0. The summed E-state index contributed by atoms with van der Waals surface area (Å²) in [7, 11) is 0. The van der Waals surface area contributed by atoms with Crippen LogP contribution in [0.25, 0.3) is 0 Å². The second-order valence-electron chi connectivity index (χ2n) is 16.6. The van der Waals surface area contributed by atoms with Gasteiger partial charge in [0.05, 0.1) is 13.2 Å². The van der Waals surface area contributed by atoms with Gasteiger partial charge in [-0.25, -0.2) is 0 Å². The first-order valence-electron chi connectivity index (χ1n) is 24.1. The Morgan fingerprint density at radius 2 is 0.510 bits per heavy atom. The Kier molecular flexibility index (Phi) is 47.4. The molecule has 0 aromatic carbocycles. The fraction of sp³-hybridized carbons (Fsp3) is 0.959. The molecule has 0 unspecified atom stereocenters. The van der Waals surface area contributed by atoms with Crippen molar-refractivity contribution in [2.75, 3.05) is 26.4 Å². The first-order valence-corrected chi connectivity index (χ1v) is 24.1. The minimum atomic E-state index is 0.744. The molecule has 51 heavy (non-hydrogen) atoms. The van der Waals surface area contributed by atoms with Crippen LogP contribution in [0.1, 0.15) is 278 Å². The van der Waals surface area contributed by atoms with E-state index in [2.05, 4.69) is 26.8 Å². The minimum Gasteiger partial charge on any atom is -0.377 e. The third kappa shape index (κ3) is 47.6. The average molecular weight is 719 g/mol. The van der Waals surface area contributed by atoms with Gasteiger partial charge in [0, 0.05) is 13.2 Å². The summed E-state index contributed by atoms with van der Waals surface area (Å²) in [6.07, 6.45) is 59.5. The molecule has 2 heteroatoms. The molecule has 0 N–H and O–H groups in total. The van der Waals surface area contributed by atoms with Crippen molar-refractivity contribution in [3.8, 4) is 0 Å². The molecular formula is C49H98O2. The highest BCUT2D eigenvalue weighted by molar-refractivity contribution is 4.98. The number of hydrogen-bond acceptors (Lipinski definition) is 2. The molecule has 0 rings (SSSR count). The maximum absolute atomic E-state index is 5.91. The second kappa shape index (κ2) is 47.7. The van der Waals surface area contributed by atoms with Crippen LogP contribution in [0.2, 0.25) is 0 Å². The van der Waals surface area contributed by atoms with E-state index in [0.29, 0.717) is 0 Å². The van der Waals surface area contributed by atoms with Crippen molar-refractivity contribution >= 4 is 0 Å². The van der Waals surface area contributed by atoms with Gasteiger partial charge in [-0.3, -0.25) is 0 Å². The summed E-state index contributed by atoms with van der Waals surface area (Å²) in [5, 5.41) is 0. The molecule has 306 valence electrons. The van der Waals surface area contributed by atoms with Crippen LogP contribution in [-0.2, 0) is 9.47 Å². The molecule has 0 atom stereocenters. The second-order valence-corrected chi connectivity index (χ2v) is 16.6. The first kappa shape index (κ1) is 50.7. The van der Waals surface area contributed by atoms with Crippen LogP contribution in [0.15, 0.2) is 11.6 Å². The van der Waals surface area contributed by atoms with E-state index in [0.717, 1.165) is 26.4 Å². The van der Waals surface area contributed by atoms with Crippen molar-refractivity contribution in [1.82, 2.24) is 0 Å². The third-order valence-electron chi connectivity index (χ3n) is 11.2. The van der Waals surface area contributed by atoms with Crippen LogP contribution >= 0.6 is 0 Å². The van der Waals surface area contributed by atoms with Crippen molar-refractivity contribution in [2.24, 2.45) is 0 Å². The van der Waals surface area contributed by atoms with Crippen molar-refractivity contribution in [2.45, 2.75) is 278 Å². The summed E-state index contributed by atoms with van der Waals surface area (Å²) < 4.78 is 11.8. The van der Waals surface area contributed by atoms with Gasteiger partial charge in [0.1, 0.15) is 0 Å². The fourth-order valence-electron chi connectivity index (χ4n) is 7.50. The lowest BCUT2D eigenvalue weighted by atomic mass is 10.0. The predicted octanol–water partition coefficient (Wildman–Crippen LogP) is 17.6. The van der Waals surface area contributed by atoms with E-state index in [4.69, 9.17) is 9.47 Å². The van der Waals surface area contributed by atoms with Crippen LogP contribution in [0, 0.1) is 0 Å². The normalized spacial score (nSPS) is 12.0. The van der Waals surface area contributed by atoms with Crippen molar-refractivity contribution in [3.63, 3.8) is 0 Å². The summed E-state index contributed by atoms with van der Waals surface area (Å²) in [4.78, 5) is 0. The highest BCUT2D eigenvalue weighted by atomic mass is 16.5. The molecule has 0 aliphatic rings. The van der Waals surface area contributed by atoms with Crippen LogP contribution in [0.4, 0.5) is 0 Å². The predicted molar refractivity (Wildman–Crippen MR) is 231 cm³/mol. The maximum Gasteiger partial charge on any atom is 0.0674 e. The number of ether oxygens (including phenoxy) is 2. The Balaban J connectivity index is 3.19. The maximum atomic E-state index is 5.91. The zero-order valence-corrected chi connectivity index (χ0v) is 36.0. The van der Waals surface area contributed by atoms with Crippen LogP contribution < -0.4 is 0 Å². The van der Waals surface area contributed by atoms with Crippen LogP contribution in [0.3, 0.4) is 0 Å². The SMILES string of the molecule is CCCCCCCCCCCCCCCCCCCCCCOCC=C(C)COCCCCCCCCCCCCCCCCCCCCCC. The summed E-state index contributed by atoms with van der Waals surface area (Å²) in [5.41, 5.74) is 1.31. The molecule has 0 heterocycles. The van der Waals surface area contributed by atoms with Crippen molar-refractivity contribution < 1.29 is 9.47 Å². The van der Waals surface area contributed by atoms with E-state index in [-0.39, 0.29) is 0 Å². The Bertz CT molecular complexity index is 628. The van der Waals surface area contributed by atoms with Gasteiger partial charge in [-0.15, -0.1) is 0 Å². The Morgan fingerprint density at radius 1 is 0.294 bits per heavy atom. The van der Waals surface area contributed by atoms with Gasteiger partial charge in [0.2, 0.25) is 0 Å². The summed E-state index contributed by atoms with van der Waals surface area (Å²) in [6.45, 7) is 10.1. The molecule has 0 amide bonds. The summed E-state index contributed by atoms with van der Waals surface area (Å²) in [5.74, 6) is 0. The quantitative estimate of drug-likeness (QED) is 0.0461. The van der Waals surface area contributed by atoms with E-state index in [9.17, 15) is 0 Å². The topological polar surface area (TPSA) is 18.5 Å². The van der Waals surface area contributed by atoms with Gasteiger partial charge in [-0.1, -0.05) is 264 Å². The Hall–Kier alpha value is -0.340. The third-order valence-corrected chi connectivity index (χ3v) is 11.2. The molecule has 2 nitrogen and oxygen atoms in total. The molecule has 0 aliphatic heterocycles. The lowest BCUT2D eigenvalue weighted by molar-refractivity contribution is 0.144. The van der Waals surface area contributed by atoms with Gasteiger partial charge < -0.3 is 9.47 Å². The highest BCUT2D eigenvalue weighted by Crippen LogP contribution is 2.17. The monoisotopic (exact) mass is 719 g/mol.